The maximum atomic E-state index is 5.34. The third-order valence-corrected chi connectivity index (χ3v) is 3.50. The SMILES string of the molecule is Cc1cccc(C)c1NC(=S)Nc1cccc(Br)c1. The minimum atomic E-state index is 0.593. The summed E-state index contributed by atoms with van der Waals surface area (Å²) >= 11 is 8.78. The van der Waals surface area contributed by atoms with Crippen molar-refractivity contribution in [2.24, 2.45) is 0 Å². The summed E-state index contributed by atoms with van der Waals surface area (Å²) in [5, 5.41) is 7.02. The molecule has 2 nitrogen and oxygen atoms in total. The van der Waals surface area contributed by atoms with Crippen molar-refractivity contribution in [1.29, 1.82) is 0 Å². The molecule has 2 N–H and O–H groups in total. The van der Waals surface area contributed by atoms with E-state index >= 15 is 0 Å². The van der Waals surface area contributed by atoms with Gasteiger partial charge in [-0.3, -0.25) is 0 Å². The number of hydrogen-bond donors (Lipinski definition) is 2. The first-order valence-electron chi connectivity index (χ1n) is 5.96. The van der Waals surface area contributed by atoms with Crippen LogP contribution in [-0.4, -0.2) is 5.11 Å². The van der Waals surface area contributed by atoms with E-state index in [0.29, 0.717) is 5.11 Å². The van der Waals surface area contributed by atoms with Gasteiger partial charge in [0.25, 0.3) is 0 Å². The number of anilines is 2. The van der Waals surface area contributed by atoms with Gasteiger partial charge in [0.05, 0.1) is 0 Å². The molecular formula is C15H15BrN2S. The molecule has 0 aliphatic rings. The van der Waals surface area contributed by atoms with Crippen molar-refractivity contribution in [2.75, 3.05) is 10.6 Å². The van der Waals surface area contributed by atoms with Crippen molar-refractivity contribution in [3.05, 3.63) is 58.1 Å². The van der Waals surface area contributed by atoms with Crippen LogP contribution in [0.2, 0.25) is 0 Å². The summed E-state index contributed by atoms with van der Waals surface area (Å²) in [6.07, 6.45) is 0. The molecular weight excluding hydrogens is 320 g/mol. The monoisotopic (exact) mass is 334 g/mol. The van der Waals surface area contributed by atoms with Crippen LogP contribution in [0.25, 0.3) is 0 Å². The molecule has 2 rings (SSSR count). The molecule has 0 fully saturated rings. The van der Waals surface area contributed by atoms with Crippen molar-refractivity contribution in [1.82, 2.24) is 0 Å². The molecule has 0 heterocycles. The van der Waals surface area contributed by atoms with E-state index in [1.807, 2.05) is 30.3 Å². The van der Waals surface area contributed by atoms with Gasteiger partial charge in [0, 0.05) is 15.8 Å². The summed E-state index contributed by atoms with van der Waals surface area (Å²) in [6.45, 7) is 4.13. The van der Waals surface area contributed by atoms with Crippen LogP contribution in [0, 0.1) is 13.8 Å². The molecule has 0 aromatic heterocycles. The van der Waals surface area contributed by atoms with Gasteiger partial charge in [-0.1, -0.05) is 40.2 Å². The summed E-state index contributed by atoms with van der Waals surface area (Å²) < 4.78 is 1.02. The number of nitrogens with one attached hydrogen (secondary N) is 2. The second-order valence-electron chi connectivity index (χ2n) is 4.36. The third-order valence-electron chi connectivity index (χ3n) is 2.80. The van der Waals surface area contributed by atoms with Gasteiger partial charge in [-0.15, -0.1) is 0 Å². The molecule has 0 amide bonds. The van der Waals surface area contributed by atoms with Crippen molar-refractivity contribution < 1.29 is 0 Å². The molecule has 4 heteroatoms. The second-order valence-corrected chi connectivity index (χ2v) is 5.68. The number of hydrogen-bond acceptors (Lipinski definition) is 1. The van der Waals surface area contributed by atoms with Crippen molar-refractivity contribution in [3.63, 3.8) is 0 Å². The normalized spacial score (nSPS) is 10.1. The first-order chi connectivity index (χ1) is 9.06. The van der Waals surface area contributed by atoms with Crippen LogP contribution >= 0.6 is 28.1 Å². The average molecular weight is 335 g/mol. The molecule has 0 saturated carbocycles. The Morgan fingerprint density at radius 2 is 1.63 bits per heavy atom. The fourth-order valence-electron chi connectivity index (χ4n) is 1.85. The smallest absolute Gasteiger partial charge is 0.175 e. The van der Waals surface area contributed by atoms with Gasteiger partial charge in [0.1, 0.15) is 0 Å². The Hall–Kier alpha value is -1.39. The lowest BCUT2D eigenvalue weighted by atomic mass is 10.1. The van der Waals surface area contributed by atoms with Crippen LogP contribution in [0.1, 0.15) is 11.1 Å². The van der Waals surface area contributed by atoms with Crippen molar-refractivity contribution >= 4 is 44.6 Å². The molecule has 19 heavy (non-hydrogen) atoms. The number of thiocarbonyl (C=S) groups is 1. The minimum Gasteiger partial charge on any atom is -0.332 e. The average Bonchev–Trinajstić information content (AvgIpc) is 2.34. The van der Waals surface area contributed by atoms with Crippen LogP contribution in [0.15, 0.2) is 46.9 Å². The zero-order chi connectivity index (χ0) is 13.8. The Morgan fingerprint density at radius 3 is 2.26 bits per heavy atom. The van der Waals surface area contributed by atoms with Crippen LogP contribution in [-0.2, 0) is 0 Å². The topological polar surface area (TPSA) is 24.1 Å². The van der Waals surface area contributed by atoms with E-state index in [-0.39, 0.29) is 0 Å². The van der Waals surface area contributed by atoms with E-state index < -0.39 is 0 Å². The third kappa shape index (κ3) is 3.78. The lowest BCUT2D eigenvalue weighted by molar-refractivity contribution is 1.37. The van der Waals surface area contributed by atoms with Gasteiger partial charge in [0.15, 0.2) is 5.11 Å². The zero-order valence-corrected chi connectivity index (χ0v) is 13.2. The molecule has 98 valence electrons. The Kier molecular flexibility index (Phi) is 4.56. The highest BCUT2D eigenvalue weighted by Gasteiger charge is 2.04. The quantitative estimate of drug-likeness (QED) is 0.765. The largest absolute Gasteiger partial charge is 0.332 e. The molecule has 2 aromatic rings. The predicted octanol–water partition coefficient (Wildman–Crippen LogP) is 4.87. The minimum absolute atomic E-state index is 0.593. The Bertz CT molecular complexity index is 591. The van der Waals surface area contributed by atoms with Gasteiger partial charge in [-0.25, -0.2) is 0 Å². The summed E-state index contributed by atoms with van der Waals surface area (Å²) in [4.78, 5) is 0. The molecule has 0 unspecified atom stereocenters. The highest BCUT2D eigenvalue weighted by atomic mass is 79.9. The van der Waals surface area contributed by atoms with Gasteiger partial charge < -0.3 is 10.6 Å². The highest BCUT2D eigenvalue weighted by Crippen LogP contribution is 2.20. The molecule has 0 radical (unpaired) electrons. The second kappa shape index (κ2) is 6.17. The van der Waals surface area contributed by atoms with E-state index in [1.165, 1.54) is 11.1 Å². The Balaban J connectivity index is 2.10. The van der Waals surface area contributed by atoms with E-state index in [0.717, 1.165) is 15.8 Å². The number of halogens is 1. The summed E-state index contributed by atoms with van der Waals surface area (Å²) in [5.41, 5.74) is 4.38. The molecule has 0 spiro atoms. The van der Waals surface area contributed by atoms with Crippen molar-refractivity contribution in [3.8, 4) is 0 Å². The fraction of sp³-hybridized carbons (Fsp3) is 0.133. The van der Waals surface area contributed by atoms with E-state index in [1.54, 1.807) is 0 Å². The fourth-order valence-corrected chi connectivity index (χ4v) is 2.47. The van der Waals surface area contributed by atoms with E-state index in [9.17, 15) is 0 Å². The van der Waals surface area contributed by atoms with Gasteiger partial charge in [0.2, 0.25) is 0 Å². The van der Waals surface area contributed by atoms with Gasteiger partial charge in [-0.05, 0) is 55.4 Å². The molecule has 0 aliphatic carbocycles. The number of rotatable bonds is 2. The Morgan fingerprint density at radius 1 is 1.00 bits per heavy atom. The Labute approximate surface area is 127 Å². The van der Waals surface area contributed by atoms with Crippen LogP contribution < -0.4 is 10.6 Å². The maximum absolute atomic E-state index is 5.34. The van der Waals surface area contributed by atoms with E-state index in [4.69, 9.17) is 12.2 Å². The van der Waals surface area contributed by atoms with E-state index in [2.05, 4.69) is 52.5 Å². The first-order valence-corrected chi connectivity index (χ1v) is 7.16. The number of aryl methyl sites for hydroxylation is 2. The molecule has 0 atom stereocenters. The summed E-state index contributed by atoms with van der Waals surface area (Å²) in [6, 6.07) is 14.1. The van der Waals surface area contributed by atoms with Gasteiger partial charge >= 0.3 is 0 Å². The zero-order valence-electron chi connectivity index (χ0n) is 10.8. The maximum Gasteiger partial charge on any atom is 0.175 e. The van der Waals surface area contributed by atoms with Crippen LogP contribution in [0.3, 0.4) is 0 Å². The summed E-state index contributed by atoms with van der Waals surface area (Å²) in [7, 11) is 0. The van der Waals surface area contributed by atoms with Crippen molar-refractivity contribution in [2.45, 2.75) is 13.8 Å². The molecule has 0 aliphatic heterocycles. The van der Waals surface area contributed by atoms with Gasteiger partial charge in [-0.2, -0.15) is 0 Å². The lowest BCUT2D eigenvalue weighted by Gasteiger charge is -2.14. The number of para-hydroxylation sites is 1. The van der Waals surface area contributed by atoms with Crippen LogP contribution in [0.5, 0.6) is 0 Å². The standard InChI is InChI=1S/C15H15BrN2S/c1-10-5-3-6-11(2)14(10)18-15(19)17-13-8-4-7-12(16)9-13/h3-9H,1-2H3,(H2,17,18,19). The molecule has 0 bridgehead atoms. The summed E-state index contributed by atoms with van der Waals surface area (Å²) in [5.74, 6) is 0. The predicted molar refractivity (Wildman–Crippen MR) is 89.9 cm³/mol. The molecule has 2 aromatic carbocycles. The highest BCUT2D eigenvalue weighted by molar-refractivity contribution is 9.10. The number of benzene rings is 2. The lowest BCUT2D eigenvalue weighted by Crippen LogP contribution is -2.20. The first kappa shape index (κ1) is 14.0. The van der Waals surface area contributed by atoms with Crippen LogP contribution in [0.4, 0.5) is 11.4 Å². The molecule has 0 saturated heterocycles.